The first kappa shape index (κ1) is 16.8. The van der Waals surface area contributed by atoms with Crippen LogP contribution in [-0.2, 0) is 6.54 Å². The number of aryl methyl sites for hydroxylation is 1. The van der Waals surface area contributed by atoms with E-state index in [4.69, 9.17) is 5.73 Å². The molecule has 2 aromatic heterocycles. The van der Waals surface area contributed by atoms with Gasteiger partial charge >= 0.3 is 0 Å². The molecule has 4 rings (SSSR count). The summed E-state index contributed by atoms with van der Waals surface area (Å²) in [6.07, 6.45) is 1.55. The third-order valence-corrected chi connectivity index (χ3v) is 5.50. The van der Waals surface area contributed by atoms with Crippen LogP contribution in [0, 0.1) is 6.92 Å². The maximum atomic E-state index is 6.81. The third kappa shape index (κ3) is 3.21. The zero-order valence-electron chi connectivity index (χ0n) is 14.7. The fourth-order valence-corrected chi connectivity index (χ4v) is 4.03. The third-order valence-electron chi connectivity index (χ3n) is 4.64. The Kier molecular flexibility index (Phi) is 4.69. The highest BCUT2D eigenvalue weighted by molar-refractivity contribution is 7.09. The molecule has 4 heteroatoms. The fourth-order valence-electron chi connectivity index (χ4n) is 3.33. The fraction of sp³-hybridized carbons (Fsp3) is 0.136. The highest BCUT2D eigenvalue weighted by atomic mass is 32.1. The van der Waals surface area contributed by atoms with Gasteiger partial charge in [0.05, 0.1) is 6.54 Å². The molecule has 0 spiro atoms. The van der Waals surface area contributed by atoms with Crippen molar-refractivity contribution in [1.29, 1.82) is 0 Å². The van der Waals surface area contributed by atoms with Gasteiger partial charge in [-0.3, -0.25) is 0 Å². The van der Waals surface area contributed by atoms with Crippen molar-refractivity contribution in [2.75, 3.05) is 4.90 Å². The summed E-state index contributed by atoms with van der Waals surface area (Å²) in [5.41, 5.74) is 9.05. The van der Waals surface area contributed by atoms with E-state index in [0.29, 0.717) is 0 Å². The Hall–Kier alpha value is -2.69. The van der Waals surface area contributed by atoms with Gasteiger partial charge in [-0.1, -0.05) is 54.6 Å². The molecule has 0 fully saturated rings. The summed E-state index contributed by atoms with van der Waals surface area (Å²) < 4.78 is 0. The van der Waals surface area contributed by atoms with Crippen LogP contribution in [0.1, 0.15) is 22.2 Å². The van der Waals surface area contributed by atoms with E-state index in [1.807, 2.05) is 12.3 Å². The number of fused-ring (bicyclic) bond motifs is 1. The molecule has 26 heavy (non-hydrogen) atoms. The normalized spacial score (nSPS) is 12.2. The van der Waals surface area contributed by atoms with Crippen molar-refractivity contribution in [1.82, 2.24) is 4.98 Å². The number of hydrogen-bond acceptors (Lipinski definition) is 4. The number of nitrogens with zero attached hydrogens (tertiary/aromatic N) is 2. The van der Waals surface area contributed by atoms with Crippen molar-refractivity contribution in [3.05, 3.63) is 94.3 Å². The first-order valence-corrected chi connectivity index (χ1v) is 9.56. The summed E-state index contributed by atoms with van der Waals surface area (Å²) in [7, 11) is 0. The van der Waals surface area contributed by atoms with Crippen LogP contribution in [-0.4, -0.2) is 4.98 Å². The van der Waals surface area contributed by atoms with Gasteiger partial charge in [0.2, 0.25) is 0 Å². The standard InChI is InChI=1S/C22H21N3S/c1-16-7-5-13-24-22(16)25(15-18-10-6-14-26-18)21(23)20-12-4-9-17-8-2-3-11-19(17)20/h2-14,21H,15,23H2,1H3. The van der Waals surface area contributed by atoms with Crippen molar-refractivity contribution in [2.24, 2.45) is 5.73 Å². The van der Waals surface area contributed by atoms with Gasteiger partial charge < -0.3 is 10.6 Å². The topological polar surface area (TPSA) is 42.2 Å². The monoisotopic (exact) mass is 359 g/mol. The van der Waals surface area contributed by atoms with E-state index >= 15 is 0 Å². The van der Waals surface area contributed by atoms with Crippen LogP contribution >= 0.6 is 11.3 Å². The Balaban J connectivity index is 1.81. The molecule has 130 valence electrons. The van der Waals surface area contributed by atoms with Gasteiger partial charge in [0.1, 0.15) is 12.0 Å². The lowest BCUT2D eigenvalue weighted by molar-refractivity contribution is 0.640. The predicted octanol–water partition coefficient (Wildman–Crippen LogP) is 5.27. The van der Waals surface area contributed by atoms with Crippen molar-refractivity contribution in [3.63, 3.8) is 0 Å². The van der Waals surface area contributed by atoms with Crippen molar-refractivity contribution in [3.8, 4) is 0 Å². The molecular weight excluding hydrogens is 338 g/mol. The molecule has 0 aliphatic carbocycles. The average Bonchev–Trinajstić information content (AvgIpc) is 3.19. The number of hydrogen-bond donors (Lipinski definition) is 1. The Morgan fingerprint density at radius 2 is 1.85 bits per heavy atom. The molecular formula is C22H21N3S. The number of nitrogens with two attached hydrogens (primary N) is 1. The minimum Gasteiger partial charge on any atom is -0.332 e. The maximum Gasteiger partial charge on any atom is 0.133 e. The number of aromatic nitrogens is 1. The van der Waals surface area contributed by atoms with E-state index in [9.17, 15) is 0 Å². The van der Waals surface area contributed by atoms with Gasteiger partial charge in [-0.15, -0.1) is 11.3 Å². The predicted molar refractivity (Wildman–Crippen MR) is 110 cm³/mol. The summed E-state index contributed by atoms with van der Waals surface area (Å²) in [6, 6.07) is 23.0. The molecule has 0 bridgehead atoms. The Labute approximate surface area is 157 Å². The van der Waals surface area contributed by atoms with Crippen molar-refractivity contribution < 1.29 is 0 Å². The molecule has 0 aliphatic rings. The van der Waals surface area contributed by atoms with E-state index in [0.717, 1.165) is 23.5 Å². The van der Waals surface area contributed by atoms with Crippen LogP contribution in [0.5, 0.6) is 0 Å². The number of thiophene rings is 1. The number of anilines is 1. The smallest absolute Gasteiger partial charge is 0.133 e. The maximum absolute atomic E-state index is 6.81. The average molecular weight is 359 g/mol. The summed E-state index contributed by atoms with van der Waals surface area (Å²) in [6.45, 7) is 2.82. The van der Waals surface area contributed by atoms with E-state index in [2.05, 4.69) is 82.9 Å². The minimum atomic E-state index is -0.281. The Bertz CT molecular complexity index is 1010. The Morgan fingerprint density at radius 3 is 2.65 bits per heavy atom. The molecule has 0 aliphatic heterocycles. The molecule has 0 saturated carbocycles. The second-order valence-corrected chi connectivity index (χ2v) is 7.40. The lowest BCUT2D eigenvalue weighted by Gasteiger charge is -2.31. The highest BCUT2D eigenvalue weighted by Gasteiger charge is 2.22. The summed E-state index contributed by atoms with van der Waals surface area (Å²) in [5.74, 6) is 0.932. The van der Waals surface area contributed by atoms with Crippen molar-refractivity contribution >= 4 is 27.9 Å². The van der Waals surface area contributed by atoms with Crippen LogP contribution in [0.25, 0.3) is 10.8 Å². The van der Waals surface area contributed by atoms with Crippen LogP contribution < -0.4 is 10.6 Å². The number of benzene rings is 2. The molecule has 2 aromatic carbocycles. The van der Waals surface area contributed by atoms with Crippen LogP contribution in [0.3, 0.4) is 0 Å². The van der Waals surface area contributed by atoms with E-state index < -0.39 is 0 Å². The summed E-state index contributed by atoms with van der Waals surface area (Å²) >= 11 is 1.74. The molecule has 1 atom stereocenters. The van der Waals surface area contributed by atoms with Gasteiger partial charge in [-0.2, -0.15) is 0 Å². The number of pyridine rings is 1. The van der Waals surface area contributed by atoms with Gasteiger partial charge in [-0.05, 0) is 46.3 Å². The molecule has 0 amide bonds. The zero-order valence-corrected chi connectivity index (χ0v) is 15.5. The highest BCUT2D eigenvalue weighted by Crippen LogP contribution is 2.31. The lowest BCUT2D eigenvalue weighted by atomic mass is 10.0. The van der Waals surface area contributed by atoms with Gasteiger partial charge in [0.15, 0.2) is 0 Å². The molecule has 0 radical (unpaired) electrons. The van der Waals surface area contributed by atoms with Crippen LogP contribution in [0.15, 0.2) is 78.3 Å². The van der Waals surface area contributed by atoms with E-state index in [1.165, 1.54) is 15.6 Å². The van der Waals surface area contributed by atoms with Gasteiger partial charge in [0.25, 0.3) is 0 Å². The number of rotatable bonds is 5. The minimum absolute atomic E-state index is 0.281. The quantitative estimate of drug-likeness (QED) is 0.494. The SMILES string of the molecule is Cc1cccnc1N(Cc1cccs1)C(N)c1cccc2ccccc12. The first-order chi connectivity index (χ1) is 12.7. The molecule has 4 aromatic rings. The second-order valence-electron chi connectivity index (χ2n) is 6.36. The molecule has 2 heterocycles. The van der Waals surface area contributed by atoms with Gasteiger partial charge in [-0.25, -0.2) is 4.98 Å². The molecule has 2 N–H and O–H groups in total. The molecule has 3 nitrogen and oxygen atoms in total. The van der Waals surface area contributed by atoms with Crippen LogP contribution in [0.2, 0.25) is 0 Å². The first-order valence-electron chi connectivity index (χ1n) is 8.68. The van der Waals surface area contributed by atoms with Crippen LogP contribution in [0.4, 0.5) is 5.82 Å². The molecule has 0 saturated heterocycles. The lowest BCUT2D eigenvalue weighted by Crippen LogP contribution is -2.35. The van der Waals surface area contributed by atoms with Gasteiger partial charge in [0, 0.05) is 11.1 Å². The van der Waals surface area contributed by atoms with E-state index in [1.54, 1.807) is 11.3 Å². The molecule has 1 unspecified atom stereocenters. The second kappa shape index (κ2) is 7.28. The zero-order chi connectivity index (χ0) is 17.9. The summed E-state index contributed by atoms with van der Waals surface area (Å²) in [5, 5.41) is 4.49. The van der Waals surface area contributed by atoms with E-state index in [-0.39, 0.29) is 6.17 Å². The largest absolute Gasteiger partial charge is 0.332 e. The summed E-state index contributed by atoms with van der Waals surface area (Å²) in [4.78, 5) is 8.10. The van der Waals surface area contributed by atoms with Crippen molar-refractivity contribution in [2.45, 2.75) is 19.6 Å². The Morgan fingerprint density at radius 1 is 1.00 bits per heavy atom.